The maximum atomic E-state index is 6.22. The van der Waals surface area contributed by atoms with Gasteiger partial charge in [0.25, 0.3) is 0 Å². The summed E-state index contributed by atoms with van der Waals surface area (Å²) in [6.07, 6.45) is 0. The van der Waals surface area contributed by atoms with E-state index in [0.717, 1.165) is 19.6 Å². The second-order valence-electron chi connectivity index (χ2n) is 5.54. The number of hydrogen-bond donors (Lipinski definition) is 1. The molecule has 1 fully saturated rings. The van der Waals surface area contributed by atoms with Crippen molar-refractivity contribution in [2.75, 3.05) is 26.7 Å². The zero-order chi connectivity index (χ0) is 13.1. The summed E-state index contributed by atoms with van der Waals surface area (Å²) in [6.45, 7) is 7.72. The molecule has 0 radical (unpaired) electrons. The van der Waals surface area contributed by atoms with Gasteiger partial charge in [-0.2, -0.15) is 0 Å². The van der Waals surface area contributed by atoms with Gasteiger partial charge in [0.05, 0.1) is 0 Å². The third kappa shape index (κ3) is 2.91. The van der Waals surface area contributed by atoms with Crippen molar-refractivity contribution in [3.8, 4) is 0 Å². The lowest BCUT2D eigenvalue weighted by molar-refractivity contribution is 0.0639. The number of nitrogens with two attached hydrogens (primary N) is 1. The number of likely N-dealkylation sites (N-methyl/N-ethyl adjacent to an activating group) is 1. The van der Waals surface area contributed by atoms with Crippen LogP contribution in [0.2, 0.25) is 0 Å². The molecule has 1 aromatic rings. The first-order valence-corrected chi connectivity index (χ1v) is 6.84. The minimum Gasteiger partial charge on any atom is -0.326 e. The summed E-state index contributed by atoms with van der Waals surface area (Å²) in [6, 6.07) is 11.7. The Morgan fingerprint density at radius 1 is 1.22 bits per heavy atom. The summed E-state index contributed by atoms with van der Waals surface area (Å²) in [4.78, 5) is 4.95. The van der Waals surface area contributed by atoms with Gasteiger partial charge in [-0.25, -0.2) is 0 Å². The molecule has 100 valence electrons. The molecular weight excluding hydrogens is 222 g/mol. The molecule has 2 rings (SSSR count). The molecule has 0 spiro atoms. The van der Waals surface area contributed by atoms with E-state index in [-0.39, 0.29) is 6.04 Å². The lowest BCUT2D eigenvalue weighted by Crippen LogP contribution is -2.53. The van der Waals surface area contributed by atoms with Crippen molar-refractivity contribution in [3.63, 3.8) is 0 Å². The fraction of sp³-hybridized carbons (Fsp3) is 0.600. The van der Waals surface area contributed by atoms with Gasteiger partial charge in [0, 0.05) is 37.8 Å². The van der Waals surface area contributed by atoms with Gasteiger partial charge >= 0.3 is 0 Å². The Morgan fingerprint density at radius 3 is 2.44 bits per heavy atom. The van der Waals surface area contributed by atoms with Gasteiger partial charge in [0.1, 0.15) is 0 Å². The van der Waals surface area contributed by atoms with E-state index in [1.54, 1.807) is 0 Å². The van der Waals surface area contributed by atoms with Crippen LogP contribution in [0.1, 0.15) is 25.5 Å². The van der Waals surface area contributed by atoms with Crippen molar-refractivity contribution in [1.82, 2.24) is 9.80 Å². The van der Waals surface area contributed by atoms with E-state index in [4.69, 9.17) is 5.73 Å². The van der Waals surface area contributed by atoms with Crippen molar-refractivity contribution >= 4 is 0 Å². The highest BCUT2D eigenvalue weighted by molar-refractivity contribution is 5.20. The first kappa shape index (κ1) is 13.5. The first-order valence-electron chi connectivity index (χ1n) is 6.84. The Bertz CT molecular complexity index is 363. The molecular formula is C15H25N3. The maximum absolute atomic E-state index is 6.22. The molecule has 2 N–H and O–H groups in total. The quantitative estimate of drug-likeness (QED) is 0.882. The number of piperazine rings is 1. The van der Waals surface area contributed by atoms with Crippen LogP contribution in [0.4, 0.5) is 0 Å². The van der Waals surface area contributed by atoms with Gasteiger partial charge in [0.2, 0.25) is 0 Å². The smallest absolute Gasteiger partial charge is 0.0497 e. The monoisotopic (exact) mass is 247 g/mol. The molecule has 0 saturated carbocycles. The fourth-order valence-electron chi connectivity index (χ4n) is 2.83. The summed E-state index contributed by atoms with van der Waals surface area (Å²) in [5.41, 5.74) is 7.56. The molecule has 0 aromatic heterocycles. The van der Waals surface area contributed by atoms with Gasteiger partial charge in [0.15, 0.2) is 0 Å². The second-order valence-corrected chi connectivity index (χ2v) is 5.54. The van der Waals surface area contributed by atoms with Crippen LogP contribution in [0, 0.1) is 0 Å². The summed E-state index contributed by atoms with van der Waals surface area (Å²) >= 11 is 0. The molecule has 3 atom stereocenters. The van der Waals surface area contributed by atoms with Crippen LogP contribution in [0.25, 0.3) is 0 Å². The largest absolute Gasteiger partial charge is 0.326 e. The van der Waals surface area contributed by atoms with Crippen molar-refractivity contribution in [1.29, 1.82) is 0 Å². The SMILES string of the molecule is CC(N)C(c1ccccc1)N1CCN(C)C(C)C1. The predicted molar refractivity (Wildman–Crippen MR) is 76.5 cm³/mol. The van der Waals surface area contributed by atoms with E-state index in [1.807, 2.05) is 0 Å². The highest BCUT2D eigenvalue weighted by atomic mass is 15.3. The standard InChI is InChI=1S/C15H25N3/c1-12-11-18(10-9-17(12)3)15(13(2)16)14-7-5-4-6-8-14/h4-8,12-13,15H,9-11,16H2,1-3H3. The number of hydrogen-bond acceptors (Lipinski definition) is 3. The minimum atomic E-state index is 0.156. The predicted octanol–water partition coefficient (Wildman–Crippen LogP) is 1.71. The van der Waals surface area contributed by atoms with Crippen LogP contribution < -0.4 is 5.73 Å². The Morgan fingerprint density at radius 2 is 1.89 bits per heavy atom. The Hall–Kier alpha value is -0.900. The van der Waals surface area contributed by atoms with Gasteiger partial charge in [-0.3, -0.25) is 4.90 Å². The van der Waals surface area contributed by atoms with Crippen LogP contribution in [0.3, 0.4) is 0 Å². The topological polar surface area (TPSA) is 32.5 Å². The van der Waals surface area contributed by atoms with E-state index in [9.17, 15) is 0 Å². The van der Waals surface area contributed by atoms with Gasteiger partial charge in [-0.15, -0.1) is 0 Å². The van der Waals surface area contributed by atoms with Crippen molar-refractivity contribution < 1.29 is 0 Å². The average molecular weight is 247 g/mol. The second kappa shape index (κ2) is 5.83. The molecule has 18 heavy (non-hydrogen) atoms. The van der Waals surface area contributed by atoms with Crippen LogP contribution >= 0.6 is 0 Å². The highest BCUT2D eigenvalue weighted by Gasteiger charge is 2.29. The maximum Gasteiger partial charge on any atom is 0.0497 e. The molecule has 1 aliphatic rings. The zero-order valence-corrected chi connectivity index (χ0v) is 11.7. The first-order chi connectivity index (χ1) is 8.59. The van der Waals surface area contributed by atoms with Crippen LogP contribution in [0.15, 0.2) is 30.3 Å². The lowest BCUT2D eigenvalue weighted by atomic mass is 9.97. The van der Waals surface area contributed by atoms with Gasteiger partial charge in [-0.05, 0) is 26.5 Å². The average Bonchev–Trinajstić information content (AvgIpc) is 2.35. The van der Waals surface area contributed by atoms with E-state index in [1.165, 1.54) is 5.56 Å². The van der Waals surface area contributed by atoms with E-state index >= 15 is 0 Å². The fourth-order valence-corrected chi connectivity index (χ4v) is 2.83. The summed E-state index contributed by atoms with van der Waals surface area (Å²) < 4.78 is 0. The van der Waals surface area contributed by atoms with Crippen LogP contribution in [-0.2, 0) is 0 Å². The highest BCUT2D eigenvalue weighted by Crippen LogP contribution is 2.25. The molecule has 3 heteroatoms. The number of rotatable bonds is 3. The molecule has 1 aliphatic heterocycles. The van der Waals surface area contributed by atoms with E-state index < -0.39 is 0 Å². The molecule has 1 aromatic carbocycles. The number of nitrogens with zero attached hydrogens (tertiary/aromatic N) is 2. The number of benzene rings is 1. The molecule has 0 aliphatic carbocycles. The summed E-state index contributed by atoms with van der Waals surface area (Å²) in [5, 5.41) is 0. The van der Waals surface area contributed by atoms with Crippen molar-refractivity contribution in [2.24, 2.45) is 5.73 Å². The van der Waals surface area contributed by atoms with Gasteiger partial charge in [-0.1, -0.05) is 30.3 Å². The molecule has 0 bridgehead atoms. The molecule has 0 amide bonds. The molecule has 1 heterocycles. The third-order valence-electron chi connectivity index (χ3n) is 4.02. The third-order valence-corrected chi connectivity index (χ3v) is 4.02. The zero-order valence-electron chi connectivity index (χ0n) is 11.7. The molecule has 1 saturated heterocycles. The normalized spacial score (nSPS) is 25.9. The van der Waals surface area contributed by atoms with E-state index in [2.05, 4.69) is 61.0 Å². The molecule has 3 nitrogen and oxygen atoms in total. The summed E-state index contributed by atoms with van der Waals surface area (Å²) in [7, 11) is 2.20. The molecule has 3 unspecified atom stereocenters. The minimum absolute atomic E-state index is 0.156. The Labute approximate surface area is 111 Å². The summed E-state index contributed by atoms with van der Waals surface area (Å²) in [5.74, 6) is 0. The Kier molecular flexibility index (Phi) is 4.38. The van der Waals surface area contributed by atoms with Crippen molar-refractivity contribution in [2.45, 2.75) is 32.0 Å². The van der Waals surface area contributed by atoms with Crippen LogP contribution in [-0.4, -0.2) is 48.6 Å². The van der Waals surface area contributed by atoms with E-state index in [0.29, 0.717) is 12.1 Å². The van der Waals surface area contributed by atoms with Crippen molar-refractivity contribution in [3.05, 3.63) is 35.9 Å². The Balaban J connectivity index is 2.16. The lowest BCUT2D eigenvalue weighted by Gasteiger charge is -2.43. The van der Waals surface area contributed by atoms with Crippen LogP contribution in [0.5, 0.6) is 0 Å². The van der Waals surface area contributed by atoms with Gasteiger partial charge < -0.3 is 10.6 Å².